The first-order chi connectivity index (χ1) is 9.51. The maximum absolute atomic E-state index is 13.0. The van der Waals surface area contributed by atoms with E-state index in [-0.39, 0.29) is 11.3 Å². The van der Waals surface area contributed by atoms with Crippen molar-refractivity contribution in [1.82, 2.24) is 0 Å². The molecule has 0 aliphatic rings. The van der Waals surface area contributed by atoms with Crippen LogP contribution in [0.1, 0.15) is 21.5 Å². The number of rotatable bonds is 2. The van der Waals surface area contributed by atoms with E-state index in [1.54, 1.807) is 18.2 Å². The van der Waals surface area contributed by atoms with E-state index in [0.29, 0.717) is 10.6 Å². The van der Waals surface area contributed by atoms with Gasteiger partial charge < -0.3 is 5.32 Å². The highest BCUT2D eigenvalue weighted by molar-refractivity contribution is 6.31. The molecule has 0 unspecified atom stereocenters. The third-order valence-electron chi connectivity index (χ3n) is 2.78. The van der Waals surface area contributed by atoms with Crippen molar-refractivity contribution in [3.05, 3.63) is 63.9 Å². The average Bonchev–Trinajstić information content (AvgIpc) is 2.43. The van der Waals surface area contributed by atoms with Crippen molar-refractivity contribution in [1.29, 1.82) is 5.26 Å². The molecular formula is C15H10ClFN2O. The standard InChI is InChI=1S/C15H10ClFN2O/c1-9-2-3-10(7-13(9)16)15(20)19-14-5-4-12(17)6-11(14)8-18/h2-7H,1H3,(H,19,20). The summed E-state index contributed by atoms with van der Waals surface area (Å²) >= 11 is 5.96. The lowest BCUT2D eigenvalue weighted by Gasteiger charge is -2.08. The van der Waals surface area contributed by atoms with Gasteiger partial charge in [0.1, 0.15) is 11.9 Å². The fourth-order valence-electron chi connectivity index (χ4n) is 1.65. The third-order valence-corrected chi connectivity index (χ3v) is 3.19. The van der Waals surface area contributed by atoms with Crippen molar-refractivity contribution in [2.75, 3.05) is 5.32 Å². The van der Waals surface area contributed by atoms with Crippen molar-refractivity contribution in [3.63, 3.8) is 0 Å². The van der Waals surface area contributed by atoms with E-state index in [1.807, 2.05) is 13.0 Å². The fraction of sp³-hybridized carbons (Fsp3) is 0.0667. The molecule has 0 aliphatic carbocycles. The summed E-state index contributed by atoms with van der Waals surface area (Å²) in [5.41, 5.74) is 1.56. The van der Waals surface area contributed by atoms with Gasteiger partial charge in [-0.15, -0.1) is 0 Å². The molecule has 1 N–H and O–H groups in total. The van der Waals surface area contributed by atoms with Crippen LogP contribution in [0, 0.1) is 24.1 Å². The molecule has 2 aromatic carbocycles. The molecule has 0 bridgehead atoms. The number of benzene rings is 2. The van der Waals surface area contributed by atoms with Crippen LogP contribution in [0.15, 0.2) is 36.4 Å². The van der Waals surface area contributed by atoms with Crippen molar-refractivity contribution in [2.45, 2.75) is 6.92 Å². The van der Waals surface area contributed by atoms with Gasteiger partial charge in [-0.25, -0.2) is 4.39 Å². The van der Waals surface area contributed by atoms with Gasteiger partial charge in [0, 0.05) is 10.6 Å². The number of halogens is 2. The van der Waals surface area contributed by atoms with E-state index in [9.17, 15) is 9.18 Å². The lowest BCUT2D eigenvalue weighted by Crippen LogP contribution is -2.13. The first-order valence-corrected chi connectivity index (χ1v) is 6.16. The van der Waals surface area contributed by atoms with E-state index in [0.717, 1.165) is 11.6 Å². The summed E-state index contributed by atoms with van der Waals surface area (Å²) in [6.45, 7) is 1.83. The zero-order valence-electron chi connectivity index (χ0n) is 10.6. The van der Waals surface area contributed by atoms with Crippen molar-refractivity contribution < 1.29 is 9.18 Å². The summed E-state index contributed by atoms with van der Waals surface area (Å²) in [6, 6.07) is 10.3. The zero-order valence-corrected chi connectivity index (χ0v) is 11.3. The summed E-state index contributed by atoms with van der Waals surface area (Å²) in [5, 5.41) is 12.0. The summed E-state index contributed by atoms with van der Waals surface area (Å²) in [6.07, 6.45) is 0. The van der Waals surface area contributed by atoms with Gasteiger partial charge in [-0.1, -0.05) is 17.7 Å². The van der Waals surface area contributed by atoms with Crippen molar-refractivity contribution in [3.8, 4) is 6.07 Å². The molecule has 20 heavy (non-hydrogen) atoms. The molecule has 2 rings (SSSR count). The number of amides is 1. The van der Waals surface area contributed by atoms with Gasteiger partial charge in [0.05, 0.1) is 11.3 Å². The molecule has 0 aromatic heterocycles. The Morgan fingerprint density at radius 1 is 1.30 bits per heavy atom. The van der Waals surface area contributed by atoms with E-state index in [4.69, 9.17) is 16.9 Å². The van der Waals surface area contributed by atoms with Crippen molar-refractivity contribution in [2.24, 2.45) is 0 Å². The number of aryl methyl sites for hydroxylation is 1. The van der Waals surface area contributed by atoms with Crippen LogP contribution >= 0.6 is 11.6 Å². The van der Waals surface area contributed by atoms with Gasteiger partial charge in [0.25, 0.3) is 5.91 Å². The van der Waals surface area contributed by atoms with E-state index in [1.165, 1.54) is 12.1 Å². The second-order valence-electron chi connectivity index (χ2n) is 4.22. The van der Waals surface area contributed by atoms with Crippen LogP contribution < -0.4 is 5.32 Å². The molecule has 2 aromatic rings. The molecule has 5 heteroatoms. The minimum Gasteiger partial charge on any atom is -0.321 e. The highest BCUT2D eigenvalue weighted by Gasteiger charge is 2.11. The van der Waals surface area contributed by atoms with Crippen LogP contribution in [-0.2, 0) is 0 Å². The Bertz CT molecular complexity index is 722. The van der Waals surface area contributed by atoms with Gasteiger partial charge in [0.15, 0.2) is 0 Å². The number of hydrogen-bond donors (Lipinski definition) is 1. The van der Waals surface area contributed by atoms with Gasteiger partial charge >= 0.3 is 0 Å². The number of anilines is 1. The summed E-state index contributed by atoms with van der Waals surface area (Å²) < 4.78 is 13.0. The summed E-state index contributed by atoms with van der Waals surface area (Å²) in [7, 11) is 0. The number of nitrogens with one attached hydrogen (secondary N) is 1. The Morgan fingerprint density at radius 2 is 2.05 bits per heavy atom. The normalized spacial score (nSPS) is 9.90. The van der Waals surface area contributed by atoms with Gasteiger partial charge in [0.2, 0.25) is 0 Å². The van der Waals surface area contributed by atoms with E-state index >= 15 is 0 Å². The Hall–Kier alpha value is -2.38. The fourth-order valence-corrected chi connectivity index (χ4v) is 1.83. The molecule has 0 fully saturated rings. The zero-order chi connectivity index (χ0) is 14.7. The molecule has 1 amide bonds. The summed E-state index contributed by atoms with van der Waals surface area (Å²) in [4.78, 5) is 12.1. The third kappa shape index (κ3) is 2.95. The smallest absolute Gasteiger partial charge is 0.255 e. The molecule has 0 spiro atoms. The maximum Gasteiger partial charge on any atom is 0.255 e. The lowest BCUT2D eigenvalue weighted by molar-refractivity contribution is 0.102. The van der Waals surface area contributed by atoms with Crippen LogP contribution in [-0.4, -0.2) is 5.91 Å². The molecule has 0 saturated heterocycles. The van der Waals surface area contributed by atoms with Crippen molar-refractivity contribution >= 4 is 23.2 Å². The molecule has 100 valence electrons. The summed E-state index contributed by atoms with van der Waals surface area (Å²) in [5.74, 6) is -0.937. The SMILES string of the molecule is Cc1ccc(C(=O)Nc2ccc(F)cc2C#N)cc1Cl. The predicted molar refractivity (Wildman–Crippen MR) is 75.3 cm³/mol. The number of nitriles is 1. The van der Waals surface area contributed by atoms with E-state index < -0.39 is 11.7 Å². The quantitative estimate of drug-likeness (QED) is 0.911. The molecule has 0 radical (unpaired) electrons. The minimum atomic E-state index is -0.530. The highest BCUT2D eigenvalue weighted by Crippen LogP contribution is 2.20. The molecule has 3 nitrogen and oxygen atoms in total. The number of nitrogens with zero attached hydrogens (tertiary/aromatic N) is 1. The lowest BCUT2D eigenvalue weighted by atomic mass is 10.1. The predicted octanol–water partition coefficient (Wildman–Crippen LogP) is 3.91. The van der Waals surface area contributed by atoms with Crippen LogP contribution in [0.5, 0.6) is 0 Å². The Kier molecular flexibility index (Phi) is 4.02. The Labute approximate surface area is 120 Å². The van der Waals surface area contributed by atoms with E-state index in [2.05, 4.69) is 5.32 Å². The first-order valence-electron chi connectivity index (χ1n) is 5.78. The molecule has 0 aliphatic heterocycles. The van der Waals surface area contributed by atoms with Gasteiger partial charge in [-0.05, 0) is 42.8 Å². The largest absolute Gasteiger partial charge is 0.321 e. The molecule has 0 heterocycles. The monoisotopic (exact) mass is 288 g/mol. The Balaban J connectivity index is 2.28. The second-order valence-corrected chi connectivity index (χ2v) is 4.63. The molecular weight excluding hydrogens is 279 g/mol. The number of hydrogen-bond acceptors (Lipinski definition) is 2. The highest BCUT2D eigenvalue weighted by atomic mass is 35.5. The van der Waals surface area contributed by atoms with Crippen LogP contribution in [0.2, 0.25) is 5.02 Å². The topological polar surface area (TPSA) is 52.9 Å². The molecule has 0 atom stereocenters. The van der Waals surface area contributed by atoms with Crippen LogP contribution in [0.25, 0.3) is 0 Å². The van der Waals surface area contributed by atoms with Crippen LogP contribution in [0.4, 0.5) is 10.1 Å². The van der Waals surface area contributed by atoms with Gasteiger partial charge in [-0.2, -0.15) is 5.26 Å². The number of carbonyl (C=O) groups is 1. The Morgan fingerprint density at radius 3 is 2.70 bits per heavy atom. The molecule has 0 saturated carbocycles. The minimum absolute atomic E-state index is 0.0663. The number of carbonyl (C=O) groups excluding carboxylic acids is 1. The van der Waals surface area contributed by atoms with Crippen LogP contribution in [0.3, 0.4) is 0 Å². The average molecular weight is 289 g/mol. The van der Waals surface area contributed by atoms with Gasteiger partial charge in [-0.3, -0.25) is 4.79 Å². The second kappa shape index (κ2) is 5.72. The first kappa shape index (κ1) is 14.0. The maximum atomic E-state index is 13.0.